The lowest BCUT2D eigenvalue weighted by Crippen LogP contribution is -2.50. The average molecular weight is 223 g/mol. The Labute approximate surface area is 99.3 Å². The molecule has 1 aliphatic carbocycles. The van der Waals surface area contributed by atoms with Gasteiger partial charge in [0.15, 0.2) is 0 Å². The zero-order valence-corrected chi connectivity index (χ0v) is 10.5. The van der Waals surface area contributed by atoms with E-state index in [0.717, 1.165) is 24.6 Å². The Hall–Kier alpha value is -0.0800. The van der Waals surface area contributed by atoms with Crippen LogP contribution in [0, 0.1) is 11.8 Å². The van der Waals surface area contributed by atoms with Crippen molar-refractivity contribution < 1.29 is 4.74 Å². The third kappa shape index (κ3) is 1.91. The minimum atomic E-state index is 0.536. The van der Waals surface area contributed by atoms with Crippen LogP contribution >= 0.6 is 0 Å². The number of ether oxygens (including phenoxy) is 1. The number of hydrogen-bond acceptors (Lipinski definition) is 2. The van der Waals surface area contributed by atoms with Crippen molar-refractivity contribution in [1.29, 1.82) is 0 Å². The Kier molecular flexibility index (Phi) is 3.21. The van der Waals surface area contributed by atoms with E-state index < -0.39 is 0 Å². The fourth-order valence-electron chi connectivity index (χ4n) is 4.28. The average Bonchev–Trinajstić information content (AvgIpc) is 2.51. The molecule has 2 heteroatoms. The molecule has 0 aromatic heterocycles. The van der Waals surface area contributed by atoms with Crippen LogP contribution in [-0.4, -0.2) is 30.3 Å². The fraction of sp³-hybridized carbons (Fsp3) is 1.00. The first-order valence-electron chi connectivity index (χ1n) is 7.24. The Morgan fingerprint density at radius 3 is 2.81 bits per heavy atom. The second-order valence-corrected chi connectivity index (χ2v) is 5.96. The molecule has 0 amide bonds. The van der Waals surface area contributed by atoms with E-state index in [1.54, 1.807) is 0 Å². The van der Waals surface area contributed by atoms with Crippen molar-refractivity contribution in [2.75, 3.05) is 13.3 Å². The summed E-state index contributed by atoms with van der Waals surface area (Å²) in [6, 6.07) is 0.874. The van der Waals surface area contributed by atoms with Gasteiger partial charge < -0.3 is 4.74 Å². The van der Waals surface area contributed by atoms with Crippen molar-refractivity contribution in [2.45, 2.75) is 64.0 Å². The second-order valence-electron chi connectivity index (χ2n) is 5.96. The molecular formula is C14H25NO. The predicted octanol–water partition coefficient (Wildman–Crippen LogP) is 3.02. The van der Waals surface area contributed by atoms with E-state index in [9.17, 15) is 0 Å². The maximum atomic E-state index is 6.06. The molecule has 2 saturated heterocycles. The molecule has 0 aromatic rings. The molecular weight excluding hydrogens is 198 g/mol. The topological polar surface area (TPSA) is 12.5 Å². The molecule has 3 rings (SSSR count). The highest BCUT2D eigenvalue weighted by Crippen LogP contribution is 2.42. The molecule has 92 valence electrons. The summed E-state index contributed by atoms with van der Waals surface area (Å²) in [6.45, 7) is 4.47. The quantitative estimate of drug-likeness (QED) is 0.677. The van der Waals surface area contributed by atoms with Crippen molar-refractivity contribution in [3.8, 4) is 0 Å². The van der Waals surface area contributed by atoms with Crippen LogP contribution in [0.4, 0.5) is 0 Å². The summed E-state index contributed by atoms with van der Waals surface area (Å²) < 4.78 is 6.06. The zero-order chi connectivity index (χ0) is 11.0. The number of hydrogen-bond donors (Lipinski definition) is 0. The van der Waals surface area contributed by atoms with Gasteiger partial charge in [-0.15, -0.1) is 0 Å². The smallest absolute Gasteiger partial charge is 0.0996 e. The van der Waals surface area contributed by atoms with E-state index in [4.69, 9.17) is 4.74 Å². The van der Waals surface area contributed by atoms with Crippen LogP contribution in [0.5, 0.6) is 0 Å². The predicted molar refractivity (Wildman–Crippen MR) is 65.2 cm³/mol. The summed E-state index contributed by atoms with van der Waals surface area (Å²) in [4.78, 5) is 2.66. The lowest BCUT2D eigenvalue weighted by Gasteiger charge is -2.46. The molecule has 2 nitrogen and oxygen atoms in total. The Morgan fingerprint density at radius 2 is 1.94 bits per heavy atom. The summed E-state index contributed by atoms with van der Waals surface area (Å²) >= 11 is 0. The van der Waals surface area contributed by atoms with Crippen LogP contribution < -0.4 is 0 Å². The summed E-state index contributed by atoms with van der Waals surface area (Å²) in [5, 5.41) is 0. The molecule has 16 heavy (non-hydrogen) atoms. The van der Waals surface area contributed by atoms with Crippen LogP contribution in [-0.2, 0) is 4.74 Å². The normalized spacial score (nSPS) is 44.8. The van der Waals surface area contributed by atoms with E-state index in [1.165, 1.54) is 51.5 Å². The fourth-order valence-corrected chi connectivity index (χ4v) is 4.28. The summed E-state index contributed by atoms with van der Waals surface area (Å²) in [6.07, 6.45) is 10.3. The lowest BCUT2D eigenvalue weighted by molar-refractivity contribution is -0.0448. The summed E-state index contributed by atoms with van der Waals surface area (Å²) in [5.41, 5.74) is 0. The maximum Gasteiger partial charge on any atom is 0.0996 e. The Bertz CT molecular complexity index is 241. The summed E-state index contributed by atoms with van der Waals surface area (Å²) in [5.74, 6) is 1.93. The van der Waals surface area contributed by atoms with Gasteiger partial charge in [0.05, 0.1) is 12.8 Å². The van der Waals surface area contributed by atoms with E-state index in [0.29, 0.717) is 6.10 Å². The third-order valence-corrected chi connectivity index (χ3v) is 5.05. The van der Waals surface area contributed by atoms with Gasteiger partial charge in [0.1, 0.15) is 0 Å². The van der Waals surface area contributed by atoms with E-state index in [1.807, 2.05) is 0 Å². The number of rotatable bonds is 1. The van der Waals surface area contributed by atoms with Crippen molar-refractivity contribution >= 4 is 0 Å². The summed E-state index contributed by atoms with van der Waals surface area (Å²) in [7, 11) is 0. The first-order chi connectivity index (χ1) is 7.88. The molecule has 0 N–H and O–H groups in total. The molecule has 0 bridgehead atoms. The molecule has 2 heterocycles. The van der Waals surface area contributed by atoms with Crippen LogP contribution in [0.15, 0.2) is 0 Å². The van der Waals surface area contributed by atoms with Crippen molar-refractivity contribution in [2.24, 2.45) is 11.8 Å². The molecule has 0 unspecified atom stereocenters. The van der Waals surface area contributed by atoms with Gasteiger partial charge in [0.25, 0.3) is 0 Å². The van der Waals surface area contributed by atoms with Crippen LogP contribution in [0.25, 0.3) is 0 Å². The van der Waals surface area contributed by atoms with Gasteiger partial charge >= 0.3 is 0 Å². The van der Waals surface area contributed by atoms with Gasteiger partial charge in [-0.2, -0.15) is 0 Å². The minimum absolute atomic E-state index is 0.536. The lowest BCUT2D eigenvalue weighted by atomic mass is 9.71. The SMILES string of the molecule is CC[C@H]1C[C@H]2CCC[C@H]3CCCN(CO1)[C@H]32. The molecule has 3 aliphatic rings. The van der Waals surface area contributed by atoms with Gasteiger partial charge in [-0.1, -0.05) is 13.3 Å². The van der Waals surface area contributed by atoms with Crippen molar-refractivity contribution in [3.63, 3.8) is 0 Å². The first kappa shape index (κ1) is 11.0. The van der Waals surface area contributed by atoms with Gasteiger partial charge in [-0.3, -0.25) is 4.90 Å². The second kappa shape index (κ2) is 4.66. The van der Waals surface area contributed by atoms with Crippen molar-refractivity contribution in [3.05, 3.63) is 0 Å². The highest BCUT2D eigenvalue weighted by Gasteiger charge is 2.41. The van der Waals surface area contributed by atoms with Gasteiger partial charge in [0, 0.05) is 12.6 Å². The Balaban J connectivity index is 1.79. The molecule has 2 aliphatic heterocycles. The molecule has 0 spiro atoms. The zero-order valence-electron chi connectivity index (χ0n) is 10.5. The molecule has 4 atom stereocenters. The number of nitrogens with zero attached hydrogens (tertiary/aromatic N) is 1. The van der Waals surface area contributed by atoms with Crippen LogP contribution in [0.2, 0.25) is 0 Å². The van der Waals surface area contributed by atoms with E-state index in [-0.39, 0.29) is 0 Å². The van der Waals surface area contributed by atoms with Gasteiger partial charge in [-0.25, -0.2) is 0 Å². The van der Waals surface area contributed by atoms with Crippen molar-refractivity contribution in [1.82, 2.24) is 4.90 Å². The van der Waals surface area contributed by atoms with E-state index >= 15 is 0 Å². The molecule has 3 fully saturated rings. The highest BCUT2D eigenvalue weighted by molar-refractivity contribution is 4.93. The molecule has 0 aromatic carbocycles. The third-order valence-electron chi connectivity index (χ3n) is 5.05. The molecule has 0 radical (unpaired) electrons. The van der Waals surface area contributed by atoms with Gasteiger partial charge in [0.2, 0.25) is 0 Å². The highest BCUT2D eigenvalue weighted by atomic mass is 16.5. The van der Waals surface area contributed by atoms with E-state index in [2.05, 4.69) is 11.8 Å². The van der Waals surface area contributed by atoms with Crippen LogP contribution in [0.3, 0.4) is 0 Å². The monoisotopic (exact) mass is 223 g/mol. The maximum absolute atomic E-state index is 6.06. The minimum Gasteiger partial charge on any atom is -0.363 e. The first-order valence-corrected chi connectivity index (χ1v) is 7.24. The van der Waals surface area contributed by atoms with Crippen LogP contribution in [0.1, 0.15) is 51.9 Å². The molecule has 1 saturated carbocycles. The Morgan fingerprint density at radius 1 is 1.12 bits per heavy atom. The van der Waals surface area contributed by atoms with Gasteiger partial charge in [-0.05, 0) is 50.4 Å². The standard InChI is InChI=1S/C14H25NO/c1-2-13-9-12-6-3-5-11-7-4-8-15(10-16-13)14(11)12/h11-14H,2-10H2,1H3/t11-,12+,13-,14+/m0/s1. The largest absolute Gasteiger partial charge is 0.363 e. The number of piperidine rings is 1.